The molecule has 0 saturated heterocycles. The number of nitrogens with zero attached hydrogens (tertiary/aromatic N) is 2. The highest BCUT2D eigenvalue weighted by Gasteiger charge is 2.06. The molecule has 0 aromatic carbocycles. The van der Waals surface area contributed by atoms with Crippen LogP contribution in [0.5, 0.6) is 0 Å². The van der Waals surface area contributed by atoms with E-state index < -0.39 is 0 Å². The molecule has 0 saturated carbocycles. The van der Waals surface area contributed by atoms with E-state index in [0.717, 1.165) is 11.5 Å². The molecule has 3 heteroatoms. The summed E-state index contributed by atoms with van der Waals surface area (Å²) < 4.78 is 0. The van der Waals surface area contributed by atoms with E-state index in [-0.39, 0.29) is 5.78 Å². The minimum absolute atomic E-state index is 0.0651. The number of pyridine rings is 1. The van der Waals surface area contributed by atoms with Gasteiger partial charge in [0.15, 0.2) is 5.78 Å². The zero-order valence-corrected chi connectivity index (χ0v) is 8.46. The van der Waals surface area contributed by atoms with Gasteiger partial charge in [-0.2, -0.15) is 0 Å². The van der Waals surface area contributed by atoms with Gasteiger partial charge >= 0.3 is 0 Å². The Labute approximate surface area is 78.4 Å². The second-order valence-electron chi connectivity index (χ2n) is 3.25. The highest BCUT2D eigenvalue weighted by Crippen LogP contribution is 2.12. The zero-order chi connectivity index (χ0) is 10.0. The number of carbonyl (C=O) groups excluding carboxylic acids is 1. The van der Waals surface area contributed by atoms with Crippen LogP contribution in [0.15, 0.2) is 12.1 Å². The molecular formula is C10H14N2O. The standard InChI is InChI=1S/C10H14N2O/c1-7-9(8(2)13)5-6-10(11-7)12(3)4/h5-6H,1-4H3. The number of aryl methyl sites for hydroxylation is 1. The Kier molecular flexibility index (Phi) is 2.66. The topological polar surface area (TPSA) is 33.2 Å². The van der Waals surface area contributed by atoms with E-state index in [2.05, 4.69) is 4.98 Å². The first kappa shape index (κ1) is 9.71. The molecule has 3 nitrogen and oxygen atoms in total. The lowest BCUT2D eigenvalue weighted by Crippen LogP contribution is -2.12. The van der Waals surface area contributed by atoms with Crippen molar-refractivity contribution in [1.82, 2.24) is 4.98 Å². The zero-order valence-electron chi connectivity index (χ0n) is 8.46. The van der Waals surface area contributed by atoms with Gasteiger partial charge in [-0.25, -0.2) is 4.98 Å². The van der Waals surface area contributed by atoms with Crippen LogP contribution >= 0.6 is 0 Å². The molecule has 1 rings (SSSR count). The second-order valence-corrected chi connectivity index (χ2v) is 3.25. The maximum absolute atomic E-state index is 11.1. The van der Waals surface area contributed by atoms with Crippen molar-refractivity contribution >= 4 is 11.6 Å². The van der Waals surface area contributed by atoms with Crippen molar-refractivity contribution in [1.29, 1.82) is 0 Å². The average Bonchev–Trinajstić information content (AvgIpc) is 2.03. The molecule has 0 radical (unpaired) electrons. The fourth-order valence-corrected chi connectivity index (χ4v) is 1.17. The molecule has 1 heterocycles. The van der Waals surface area contributed by atoms with E-state index in [1.807, 2.05) is 38.1 Å². The van der Waals surface area contributed by atoms with E-state index in [4.69, 9.17) is 0 Å². The summed E-state index contributed by atoms with van der Waals surface area (Å²) >= 11 is 0. The number of anilines is 1. The number of hydrogen-bond donors (Lipinski definition) is 0. The molecule has 0 N–H and O–H groups in total. The van der Waals surface area contributed by atoms with Gasteiger partial charge in [0.2, 0.25) is 0 Å². The minimum atomic E-state index is 0.0651. The SMILES string of the molecule is CC(=O)c1ccc(N(C)C)nc1C. The maximum Gasteiger partial charge on any atom is 0.161 e. The summed E-state index contributed by atoms with van der Waals surface area (Å²) in [6.07, 6.45) is 0. The first-order valence-corrected chi connectivity index (χ1v) is 4.18. The minimum Gasteiger partial charge on any atom is -0.363 e. The van der Waals surface area contributed by atoms with Crippen LogP contribution in [0.4, 0.5) is 5.82 Å². The van der Waals surface area contributed by atoms with Crippen LogP contribution in [0.3, 0.4) is 0 Å². The lowest BCUT2D eigenvalue weighted by atomic mass is 10.1. The van der Waals surface area contributed by atoms with Crippen LogP contribution in [0.2, 0.25) is 0 Å². The van der Waals surface area contributed by atoms with Gasteiger partial charge in [0.1, 0.15) is 5.82 Å². The number of hydrogen-bond acceptors (Lipinski definition) is 3. The van der Waals surface area contributed by atoms with E-state index >= 15 is 0 Å². The molecule has 0 bridgehead atoms. The Morgan fingerprint density at radius 2 is 2.00 bits per heavy atom. The molecule has 0 amide bonds. The normalized spacial score (nSPS) is 9.85. The molecule has 0 aliphatic rings. The number of aromatic nitrogens is 1. The van der Waals surface area contributed by atoms with Crippen molar-refractivity contribution in [3.8, 4) is 0 Å². The van der Waals surface area contributed by atoms with Gasteiger partial charge in [-0.05, 0) is 26.0 Å². The van der Waals surface area contributed by atoms with E-state index in [1.165, 1.54) is 0 Å². The summed E-state index contributed by atoms with van der Waals surface area (Å²) in [5.74, 6) is 0.942. The third-order valence-electron chi connectivity index (χ3n) is 1.91. The number of rotatable bonds is 2. The van der Waals surface area contributed by atoms with Crippen LogP contribution in [0.1, 0.15) is 23.0 Å². The van der Waals surface area contributed by atoms with Crippen molar-refractivity contribution in [2.24, 2.45) is 0 Å². The Hall–Kier alpha value is -1.38. The number of carbonyl (C=O) groups is 1. The number of Topliss-reactive ketones (excluding diaryl/α,β-unsaturated/α-hetero) is 1. The fraction of sp³-hybridized carbons (Fsp3) is 0.400. The predicted octanol–water partition coefficient (Wildman–Crippen LogP) is 1.66. The highest BCUT2D eigenvalue weighted by molar-refractivity contribution is 5.95. The van der Waals surface area contributed by atoms with Gasteiger partial charge < -0.3 is 4.90 Å². The quantitative estimate of drug-likeness (QED) is 0.646. The Bertz CT molecular complexity index is 332. The van der Waals surface area contributed by atoms with E-state index in [9.17, 15) is 4.79 Å². The van der Waals surface area contributed by atoms with Crippen molar-refractivity contribution in [2.45, 2.75) is 13.8 Å². The molecule has 0 atom stereocenters. The van der Waals surface area contributed by atoms with Crippen LogP contribution in [-0.2, 0) is 0 Å². The second kappa shape index (κ2) is 3.56. The molecule has 0 fully saturated rings. The first-order chi connectivity index (χ1) is 6.02. The molecular weight excluding hydrogens is 164 g/mol. The van der Waals surface area contributed by atoms with Crippen molar-refractivity contribution in [3.05, 3.63) is 23.4 Å². The molecule has 13 heavy (non-hydrogen) atoms. The van der Waals surface area contributed by atoms with Crippen LogP contribution in [-0.4, -0.2) is 24.9 Å². The Balaban J connectivity index is 3.13. The lowest BCUT2D eigenvalue weighted by Gasteiger charge is -2.12. The molecule has 1 aromatic heterocycles. The monoisotopic (exact) mass is 178 g/mol. The molecule has 0 spiro atoms. The number of ketones is 1. The molecule has 0 aliphatic heterocycles. The largest absolute Gasteiger partial charge is 0.363 e. The summed E-state index contributed by atoms with van der Waals surface area (Å²) in [6, 6.07) is 3.67. The van der Waals surface area contributed by atoms with Gasteiger partial charge in [0, 0.05) is 19.7 Å². The third-order valence-corrected chi connectivity index (χ3v) is 1.91. The lowest BCUT2D eigenvalue weighted by molar-refractivity contribution is 0.101. The molecule has 1 aromatic rings. The van der Waals surface area contributed by atoms with Gasteiger partial charge in [0.05, 0.1) is 5.69 Å². The van der Waals surface area contributed by atoms with Gasteiger partial charge in [0.25, 0.3) is 0 Å². The summed E-state index contributed by atoms with van der Waals surface area (Å²) in [6.45, 7) is 3.41. The van der Waals surface area contributed by atoms with E-state index in [1.54, 1.807) is 6.92 Å². The molecule has 0 unspecified atom stereocenters. The van der Waals surface area contributed by atoms with Crippen LogP contribution < -0.4 is 4.90 Å². The van der Waals surface area contributed by atoms with Gasteiger partial charge in [-0.15, -0.1) is 0 Å². The van der Waals surface area contributed by atoms with Crippen LogP contribution in [0, 0.1) is 6.92 Å². The smallest absolute Gasteiger partial charge is 0.161 e. The van der Waals surface area contributed by atoms with Crippen molar-refractivity contribution in [3.63, 3.8) is 0 Å². The third kappa shape index (κ3) is 2.05. The summed E-state index contributed by atoms with van der Waals surface area (Å²) in [7, 11) is 3.85. The van der Waals surface area contributed by atoms with E-state index in [0.29, 0.717) is 5.56 Å². The maximum atomic E-state index is 11.1. The summed E-state index contributed by atoms with van der Waals surface area (Å²) in [5, 5.41) is 0. The Morgan fingerprint density at radius 3 is 2.38 bits per heavy atom. The molecule has 0 aliphatic carbocycles. The average molecular weight is 178 g/mol. The van der Waals surface area contributed by atoms with Crippen molar-refractivity contribution in [2.75, 3.05) is 19.0 Å². The fourth-order valence-electron chi connectivity index (χ4n) is 1.17. The predicted molar refractivity (Wildman–Crippen MR) is 53.3 cm³/mol. The Morgan fingerprint density at radius 1 is 1.38 bits per heavy atom. The van der Waals surface area contributed by atoms with Crippen molar-refractivity contribution < 1.29 is 4.79 Å². The van der Waals surface area contributed by atoms with Gasteiger partial charge in [-0.3, -0.25) is 4.79 Å². The van der Waals surface area contributed by atoms with Crippen LogP contribution in [0.25, 0.3) is 0 Å². The first-order valence-electron chi connectivity index (χ1n) is 4.18. The summed E-state index contributed by atoms with van der Waals surface area (Å²) in [5.41, 5.74) is 1.49. The summed E-state index contributed by atoms with van der Waals surface area (Å²) in [4.78, 5) is 17.3. The molecule has 70 valence electrons. The highest BCUT2D eigenvalue weighted by atomic mass is 16.1. The van der Waals surface area contributed by atoms with Gasteiger partial charge in [-0.1, -0.05) is 0 Å².